The first kappa shape index (κ1) is 16.3. The quantitative estimate of drug-likeness (QED) is 0.916. The molecule has 124 valence electrons. The number of rotatable bonds is 2. The van der Waals surface area contributed by atoms with Gasteiger partial charge in [-0.2, -0.15) is 0 Å². The van der Waals surface area contributed by atoms with E-state index in [2.05, 4.69) is 29.0 Å². The molecule has 0 unspecified atom stereocenters. The lowest BCUT2D eigenvalue weighted by Gasteiger charge is -2.56. The number of fused-ring (bicyclic) bond motifs is 4. The largest absolute Gasteiger partial charge is 0.463 e. The van der Waals surface area contributed by atoms with Gasteiger partial charge in [-0.1, -0.05) is 0 Å². The average molecular weight is 336 g/mol. The van der Waals surface area contributed by atoms with Gasteiger partial charge in [0.2, 0.25) is 0 Å². The minimum absolute atomic E-state index is 0. The van der Waals surface area contributed by atoms with Crippen LogP contribution in [0.5, 0.6) is 0 Å². The zero-order valence-corrected chi connectivity index (χ0v) is 14.2. The molecule has 5 heterocycles. The molecule has 2 bridgehead atoms. The summed E-state index contributed by atoms with van der Waals surface area (Å²) in [4.78, 5) is 19.3. The molecule has 3 aliphatic heterocycles. The van der Waals surface area contributed by atoms with Gasteiger partial charge in [0.05, 0.1) is 12.5 Å². The molecule has 1 amide bonds. The Bertz CT molecular complexity index is 719. The van der Waals surface area contributed by atoms with Crippen molar-refractivity contribution in [2.24, 2.45) is 5.92 Å². The smallest absolute Gasteiger partial charge is 0.270 e. The number of hydrogen-bond acceptors (Lipinski definition) is 4. The van der Waals surface area contributed by atoms with E-state index in [9.17, 15) is 4.79 Å². The van der Waals surface area contributed by atoms with Gasteiger partial charge in [-0.15, -0.1) is 12.4 Å². The fourth-order valence-corrected chi connectivity index (χ4v) is 4.08. The summed E-state index contributed by atoms with van der Waals surface area (Å²) >= 11 is 0. The van der Waals surface area contributed by atoms with E-state index < -0.39 is 0 Å². The number of carbonyl (C=O) groups excluding carboxylic acids is 1. The number of nitrogens with one attached hydrogen (secondary N) is 1. The summed E-state index contributed by atoms with van der Waals surface area (Å²) in [5.41, 5.74) is 1.18. The summed E-state index contributed by atoms with van der Waals surface area (Å²) in [5, 5.41) is 4.15. The number of furan rings is 1. The number of amides is 1. The van der Waals surface area contributed by atoms with E-state index in [1.807, 2.05) is 6.07 Å². The minimum atomic E-state index is -0.0880. The van der Waals surface area contributed by atoms with Gasteiger partial charge < -0.3 is 9.73 Å². The number of halogens is 1. The third kappa shape index (κ3) is 2.62. The van der Waals surface area contributed by atoms with Crippen molar-refractivity contribution < 1.29 is 9.21 Å². The second-order valence-electron chi connectivity index (χ2n) is 6.96. The predicted octanol–water partition coefficient (Wildman–Crippen LogP) is 2.85. The molecule has 0 spiro atoms. The molecular formula is C17H22ClN3O2. The maximum Gasteiger partial charge on any atom is 0.270 e. The Morgan fingerprint density at radius 3 is 2.83 bits per heavy atom. The first-order valence-corrected chi connectivity index (χ1v) is 7.95. The van der Waals surface area contributed by atoms with Gasteiger partial charge in [0.1, 0.15) is 5.69 Å². The van der Waals surface area contributed by atoms with Gasteiger partial charge in [0.25, 0.3) is 5.91 Å². The van der Waals surface area contributed by atoms with Crippen LogP contribution in [0.2, 0.25) is 0 Å². The molecule has 5 nitrogen and oxygen atoms in total. The Morgan fingerprint density at radius 1 is 1.39 bits per heavy atom. The lowest BCUT2D eigenvalue weighted by molar-refractivity contribution is -0.0378. The SMILES string of the molecule is CC1(C)[C@H](NC(=O)c2cc3ccoc3cn2)C2CCN1CC2.Cl. The Balaban J connectivity index is 0.00000156. The van der Waals surface area contributed by atoms with Crippen LogP contribution in [0.3, 0.4) is 0 Å². The second-order valence-corrected chi connectivity index (χ2v) is 6.96. The van der Waals surface area contributed by atoms with Gasteiger partial charge in [-0.3, -0.25) is 9.69 Å². The molecule has 6 heteroatoms. The summed E-state index contributed by atoms with van der Waals surface area (Å²) in [5.74, 6) is 0.483. The molecule has 3 saturated heterocycles. The second kappa shape index (κ2) is 5.80. The van der Waals surface area contributed by atoms with Crippen LogP contribution >= 0.6 is 12.4 Å². The predicted molar refractivity (Wildman–Crippen MR) is 90.9 cm³/mol. The van der Waals surface area contributed by atoms with Crippen molar-refractivity contribution in [3.63, 3.8) is 0 Å². The molecule has 0 saturated carbocycles. The van der Waals surface area contributed by atoms with Crippen molar-refractivity contribution in [3.8, 4) is 0 Å². The molecule has 1 atom stereocenters. The highest BCUT2D eigenvalue weighted by Gasteiger charge is 2.48. The van der Waals surface area contributed by atoms with Gasteiger partial charge in [0, 0.05) is 17.0 Å². The highest BCUT2D eigenvalue weighted by molar-refractivity contribution is 5.95. The number of piperidine rings is 3. The van der Waals surface area contributed by atoms with Crippen molar-refractivity contribution in [1.82, 2.24) is 15.2 Å². The van der Waals surface area contributed by atoms with Crippen LogP contribution in [0.15, 0.2) is 29.0 Å². The first-order chi connectivity index (χ1) is 10.6. The topological polar surface area (TPSA) is 58.4 Å². The van der Waals surface area contributed by atoms with E-state index in [1.165, 1.54) is 12.8 Å². The number of hydrogen-bond donors (Lipinski definition) is 1. The van der Waals surface area contributed by atoms with Gasteiger partial charge in [0.15, 0.2) is 5.58 Å². The summed E-state index contributed by atoms with van der Waals surface area (Å²) < 4.78 is 5.28. The number of carbonyl (C=O) groups is 1. The normalized spacial score (nSPS) is 28.3. The van der Waals surface area contributed by atoms with Crippen LogP contribution in [0, 0.1) is 5.92 Å². The van der Waals surface area contributed by atoms with Crippen molar-refractivity contribution in [2.75, 3.05) is 13.1 Å². The van der Waals surface area contributed by atoms with Crippen molar-refractivity contribution in [3.05, 3.63) is 30.3 Å². The third-order valence-electron chi connectivity index (χ3n) is 5.45. The van der Waals surface area contributed by atoms with Crippen LogP contribution in [0.1, 0.15) is 37.2 Å². The third-order valence-corrected chi connectivity index (χ3v) is 5.45. The van der Waals surface area contributed by atoms with E-state index in [1.54, 1.807) is 18.5 Å². The van der Waals surface area contributed by atoms with Gasteiger partial charge in [-0.05, 0) is 57.8 Å². The Kier molecular flexibility index (Phi) is 4.10. The van der Waals surface area contributed by atoms with E-state index >= 15 is 0 Å². The summed E-state index contributed by atoms with van der Waals surface area (Å²) in [7, 11) is 0. The molecule has 2 aromatic heterocycles. The maximum atomic E-state index is 12.6. The fraction of sp³-hybridized carbons (Fsp3) is 0.529. The summed E-state index contributed by atoms with van der Waals surface area (Å²) in [6, 6.07) is 3.83. The Hall–Kier alpha value is -1.59. The van der Waals surface area contributed by atoms with E-state index in [-0.39, 0.29) is 29.9 Å². The molecule has 5 rings (SSSR count). The van der Waals surface area contributed by atoms with E-state index in [4.69, 9.17) is 4.42 Å². The molecule has 23 heavy (non-hydrogen) atoms. The molecular weight excluding hydrogens is 314 g/mol. The first-order valence-electron chi connectivity index (χ1n) is 7.95. The Labute approximate surface area is 141 Å². The highest BCUT2D eigenvalue weighted by Crippen LogP contribution is 2.39. The fourth-order valence-electron chi connectivity index (χ4n) is 4.08. The molecule has 0 aliphatic carbocycles. The average Bonchev–Trinajstić information content (AvgIpc) is 2.98. The molecule has 0 radical (unpaired) electrons. The lowest BCUT2D eigenvalue weighted by Crippen LogP contribution is -2.69. The van der Waals surface area contributed by atoms with Crippen LogP contribution in [0.4, 0.5) is 0 Å². The van der Waals surface area contributed by atoms with Crippen LogP contribution < -0.4 is 5.32 Å². The highest BCUT2D eigenvalue weighted by atomic mass is 35.5. The van der Waals surface area contributed by atoms with E-state index in [0.29, 0.717) is 17.2 Å². The zero-order valence-electron chi connectivity index (χ0n) is 13.4. The summed E-state index contributed by atoms with van der Waals surface area (Å²) in [6.45, 7) is 6.75. The molecule has 3 aliphatic rings. The maximum absolute atomic E-state index is 12.6. The van der Waals surface area contributed by atoms with Crippen molar-refractivity contribution >= 4 is 29.3 Å². The van der Waals surface area contributed by atoms with E-state index in [0.717, 1.165) is 18.5 Å². The zero-order chi connectivity index (χ0) is 15.3. The molecule has 1 N–H and O–H groups in total. The van der Waals surface area contributed by atoms with Crippen molar-refractivity contribution in [2.45, 2.75) is 38.3 Å². The number of pyridine rings is 1. The Morgan fingerprint density at radius 2 is 2.13 bits per heavy atom. The lowest BCUT2D eigenvalue weighted by atomic mass is 9.72. The van der Waals surface area contributed by atoms with Crippen LogP contribution in [-0.2, 0) is 0 Å². The summed E-state index contributed by atoms with van der Waals surface area (Å²) in [6.07, 6.45) is 5.57. The van der Waals surface area contributed by atoms with Gasteiger partial charge in [-0.25, -0.2) is 4.98 Å². The molecule has 0 aromatic carbocycles. The van der Waals surface area contributed by atoms with Gasteiger partial charge >= 0.3 is 0 Å². The standard InChI is InChI=1S/C17H21N3O2.ClH/c1-17(2)15(11-3-6-20(17)7-4-11)19-16(21)13-9-12-5-8-22-14(12)10-18-13;/h5,8-11,15H,3-4,6-7H2,1-2H3,(H,19,21);1H/t15-;/m1./s1. The van der Waals surface area contributed by atoms with Crippen LogP contribution in [0.25, 0.3) is 11.0 Å². The molecule has 2 aromatic rings. The number of nitrogens with zero attached hydrogens (tertiary/aromatic N) is 2. The van der Waals surface area contributed by atoms with Crippen molar-refractivity contribution in [1.29, 1.82) is 0 Å². The van der Waals surface area contributed by atoms with Crippen LogP contribution in [-0.4, -0.2) is 40.5 Å². The molecule has 3 fully saturated rings. The minimum Gasteiger partial charge on any atom is -0.463 e. The monoisotopic (exact) mass is 335 g/mol. The number of aromatic nitrogens is 1.